The summed E-state index contributed by atoms with van der Waals surface area (Å²) in [5, 5.41) is 0. The molecule has 1 aromatic rings. The number of anilines is 1. The van der Waals surface area contributed by atoms with Crippen LogP contribution in [0.3, 0.4) is 0 Å². The van der Waals surface area contributed by atoms with Crippen molar-refractivity contribution in [2.75, 3.05) is 5.73 Å². The highest BCUT2D eigenvalue weighted by Crippen LogP contribution is 2.17. The van der Waals surface area contributed by atoms with Gasteiger partial charge in [0.2, 0.25) is 5.95 Å². The van der Waals surface area contributed by atoms with E-state index in [2.05, 4.69) is 4.98 Å². The maximum Gasteiger partial charge on any atom is 0.278 e. The summed E-state index contributed by atoms with van der Waals surface area (Å²) >= 11 is 0. The Hall–Kier alpha value is -1.32. The zero-order chi connectivity index (χ0) is 10.2. The lowest BCUT2D eigenvalue weighted by molar-refractivity contribution is 0.571. The fraction of sp³-hybridized carbons (Fsp3) is 0.556. The molecule has 4 nitrogen and oxygen atoms in total. The first kappa shape index (κ1) is 9.77. The average molecular weight is 181 g/mol. The van der Waals surface area contributed by atoms with Crippen LogP contribution in [0.15, 0.2) is 11.0 Å². The molecule has 1 heterocycles. The van der Waals surface area contributed by atoms with Crippen LogP contribution in [0.5, 0.6) is 0 Å². The van der Waals surface area contributed by atoms with Gasteiger partial charge in [-0.2, -0.15) is 4.98 Å². The summed E-state index contributed by atoms with van der Waals surface area (Å²) in [5.74, 6) is 0.248. The minimum atomic E-state index is -0.233. The smallest absolute Gasteiger partial charge is 0.278 e. The van der Waals surface area contributed by atoms with E-state index < -0.39 is 0 Å². The topological polar surface area (TPSA) is 60.9 Å². The van der Waals surface area contributed by atoms with Gasteiger partial charge in [-0.05, 0) is 5.41 Å². The van der Waals surface area contributed by atoms with Gasteiger partial charge in [0, 0.05) is 18.8 Å². The molecule has 0 fully saturated rings. The largest absolute Gasteiger partial charge is 0.369 e. The summed E-state index contributed by atoms with van der Waals surface area (Å²) in [6.45, 7) is 5.92. The van der Waals surface area contributed by atoms with Gasteiger partial charge in [-0.1, -0.05) is 20.8 Å². The standard InChI is InChI=1S/C9H15N3O/c1-9(2,3)6-5-12(4)8(10)11-7(6)13/h5H,1-4H3,(H2,10,11,13). The lowest BCUT2D eigenvalue weighted by Gasteiger charge is -2.18. The fourth-order valence-electron chi connectivity index (χ4n) is 1.07. The first-order valence-corrected chi connectivity index (χ1v) is 4.16. The zero-order valence-corrected chi connectivity index (χ0v) is 8.46. The van der Waals surface area contributed by atoms with E-state index in [4.69, 9.17) is 5.73 Å². The first-order valence-electron chi connectivity index (χ1n) is 4.16. The predicted octanol–water partition coefficient (Wildman–Crippen LogP) is 0.660. The molecule has 0 saturated carbocycles. The number of hydrogen-bond donors (Lipinski definition) is 1. The molecule has 4 heteroatoms. The molecule has 72 valence electrons. The number of nitrogen functional groups attached to an aromatic ring is 1. The van der Waals surface area contributed by atoms with Crippen LogP contribution in [0.1, 0.15) is 26.3 Å². The maximum atomic E-state index is 11.4. The number of aryl methyl sites for hydroxylation is 1. The normalized spacial score (nSPS) is 11.7. The van der Waals surface area contributed by atoms with E-state index in [0.717, 1.165) is 0 Å². The molecule has 1 rings (SSSR count). The highest BCUT2D eigenvalue weighted by Gasteiger charge is 2.18. The van der Waals surface area contributed by atoms with Crippen LogP contribution in [-0.4, -0.2) is 9.55 Å². The Morgan fingerprint density at radius 2 is 2.00 bits per heavy atom. The van der Waals surface area contributed by atoms with Gasteiger partial charge in [-0.3, -0.25) is 4.79 Å². The molecule has 0 atom stereocenters. The monoisotopic (exact) mass is 181 g/mol. The van der Waals surface area contributed by atoms with Crippen LogP contribution in [0, 0.1) is 0 Å². The molecule has 2 N–H and O–H groups in total. The first-order chi connectivity index (χ1) is 5.82. The Morgan fingerprint density at radius 3 is 2.46 bits per heavy atom. The quantitative estimate of drug-likeness (QED) is 0.639. The Kier molecular flexibility index (Phi) is 2.15. The Labute approximate surface area is 77.4 Å². The number of hydrogen-bond acceptors (Lipinski definition) is 3. The van der Waals surface area contributed by atoms with Crippen molar-refractivity contribution in [1.82, 2.24) is 9.55 Å². The van der Waals surface area contributed by atoms with E-state index in [9.17, 15) is 4.79 Å². The molecular weight excluding hydrogens is 166 g/mol. The third kappa shape index (κ3) is 1.88. The van der Waals surface area contributed by atoms with Crippen LogP contribution in [0.2, 0.25) is 0 Å². The summed E-state index contributed by atoms with van der Waals surface area (Å²) in [6.07, 6.45) is 1.74. The highest BCUT2D eigenvalue weighted by atomic mass is 16.1. The van der Waals surface area contributed by atoms with Gasteiger partial charge >= 0.3 is 0 Å². The van der Waals surface area contributed by atoms with Crippen molar-refractivity contribution in [2.24, 2.45) is 7.05 Å². The Bertz CT molecular complexity index is 373. The lowest BCUT2D eigenvalue weighted by Crippen LogP contribution is -2.27. The molecular formula is C9H15N3O. The van der Waals surface area contributed by atoms with Gasteiger partial charge in [0.1, 0.15) is 0 Å². The van der Waals surface area contributed by atoms with E-state index in [1.807, 2.05) is 20.8 Å². The fourth-order valence-corrected chi connectivity index (χ4v) is 1.07. The predicted molar refractivity (Wildman–Crippen MR) is 52.6 cm³/mol. The summed E-state index contributed by atoms with van der Waals surface area (Å²) in [6, 6.07) is 0. The van der Waals surface area contributed by atoms with E-state index in [1.165, 1.54) is 0 Å². The van der Waals surface area contributed by atoms with Gasteiger partial charge in [-0.25, -0.2) is 0 Å². The highest BCUT2D eigenvalue weighted by molar-refractivity contribution is 5.24. The Morgan fingerprint density at radius 1 is 1.46 bits per heavy atom. The summed E-state index contributed by atoms with van der Waals surface area (Å²) < 4.78 is 1.65. The Balaban J connectivity index is 3.41. The molecule has 0 radical (unpaired) electrons. The van der Waals surface area contributed by atoms with Crippen molar-refractivity contribution in [1.29, 1.82) is 0 Å². The molecule has 1 aromatic heterocycles. The van der Waals surface area contributed by atoms with Crippen molar-refractivity contribution in [2.45, 2.75) is 26.2 Å². The lowest BCUT2D eigenvalue weighted by atomic mass is 9.89. The molecule has 0 aromatic carbocycles. The van der Waals surface area contributed by atoms with Crippen molar-refractivity contribution >= 4 is 5.95 Å². The third-order valence-corrected chi connectivity index (χ3v) is 1.94. The van der Waals surface area contributed by atoms with Crippen LogP contribution in [-0.2, 0) is 12.5 Å². The van der Waals surface area contributed by atoms with Gasteiger partial charge in [0.15, 0.2) is 0 Å². The van der Waals surface area contributed by atoms with Crippen molar-refractivity contribution in [3.8, 4) is 0 Å². The van der Waals surface area contributed by atoms with Gasteiger partial charge < -0.3 is 10.3 Å². The number of nitrogens with zero attached hydrogens (tertiary/aromatic N) is 2. The second-order valence-electron chi connectivity index (χ2n) is 4.18. The molecule has 0 bridgehead atoms. The summed E-state index contributed by atoms with van der Waals surface area (Å²) in [5.41, 5.74) is 5.75. The van der Waals surface area contributed by atoms with E-state index >= 15 is 0 Å². The van der Waals surface area contributed by atoms with E-state index in [1.54, 1.807) is 17.8 Å². The van der Waals surface area contributed by atoms with E-state index in [-0.39, 0.29) is 16.9 Å². The number of aromatic nitrogens is 2. The average Bonchev–Trinajstić information content (AvgIpc) is 1.94. The molecule has 0 amide bonds. The van der Waals surface area contributed by atoms with Gasteiger partial charge in [-0.15, -0.1) is 0 Å². The molecule has 13 heavy (non-hydrogen) atoms. The van der Waals surface area contributed by atoms with Crippen molar-refractivity contribution in [3.05, 3.63) is 22.1 Å². The van der Waals surface area contributed by atoms with Crippen LogP contribution < -0.4 is 11.3 Å². The molecule has 0 aliphatic carbocycles. The van der Waals surface area contributed by atoms with Crippen molar-refractivity contribution < 1.29 is 0 Å². The third-order valence-electron chi connectivity index (χ3n) is 1.94. The summed E-state index contributed by atoms with van der Waals surface area (Å²) in [7, 11) is 1.77. The molecule has 0 saturated heterocycles. The van der Waals surface area contributed by atoms with Crippen LogP contribution in [0.4, 0.5) is 5.95 Å². The molecule has 0 spiro atoms. The minimum absolute atomic E-state index is 0.185. The van der Waals surface area contributed by atoms with Crippen LogP contribution >= 0.6 is 0 Å². The molecule has 0 aliphatic rings. The minimum Gasteiger partial charge on any atom is -0.369 e. The van der Waals surface area contributed by atoms with E-state index in [0.29, 0.717) is 5.56 Å². The second kappa shape index (κ2) is 2.87. The SMILES string of the molecule is Cn1cc(C(C)(C)C)c(=O)nc1N. The van der Waals surface area contributed by atoms with Crippen LogP contribution in [0.25, 0.3) is 0 Å². The zero-order valence-electron chi connectivity index (χ0n) is 8.46. The number of rotatable bonds is 0. The van der Waals surface area contributed by atoms with Gasteiger partial charge in [0.25, 0.3) is 5.56 Å². The van der Waals surface area contributed by atoms with Crippen molar-refractivity contribution in [3.63, 3.8) is 0 Å². The maximum absolute atomic E-state index is 11.4. The molecule has 0 aliphatic heterocycles. The van der Waals surface area contributed by atoms with Gasteiger partial charge in [0.05, 0.1) is 0 Å². The second-order valence-corrected chi connectivity index (χ2v) is 4.18. The molecule has 0 unspecified atom stereocenters. The summed E-state index contributed by atoms with van der Waals surface area (Å²) in [4.78, 5) is 15.2. The number of nitrogens with two attached hydrogens (primary N) is 1.